The van der Waals surface area contributed by atoms with Gasteiger partial charge in [0.15, 0.2) is 5.75 Å². The Hall–Kier alpha value is -3.42. The average molecular weight is 372 g/mol. The third kappa shape index (κ3) is 5.53. The summed E-state index contributed by atoms with van der Waals surface area (Å²) in [5.74, 6) is -0.529. The largest absolute Gasteiger partial charge is 0.444 e. The van der Waals surface area contributed by atoms with Crippen molar-refractivity contribution < 1.29 is 24.0 Å². The van der Waals surface area contributed by atoms with Crippen molar-refractivity contribution in [1.82, 2.24) is 0 Å². The van der Waals surface area contributed by atoms with E-state index in [1.165, 1.54) is 24.3 Å². The van der Waals surface area contributed by atoms with Crippen LogP contribution in [0, 0.1) is 17.0 Å². The van der Waals surface area contributed by atoms with Crippen molar-refractivity contribution in [3.63, 3.8) is 0 Å². The van der Waals surface area contributed by atoms with Crippen molar-refractivity contribution in [3.8, 4) is 5.75 Å². The number of para-hydroxylation sites is 1. The van der Waals surface area contributed by atoms with Crippen LogP contribution >= 0.6 is 0 Å². The third-order valence-corrected chi connectivity index (χ3v) is 3.36. The van der Waals surface area contributed by atoms with E-state index in [1.807, 2.05) is 0 Å². The predicted octanol–water partition coefficient (Wildman–Crippen LogP) is 4.47. The number of nitro groups is 1. The maximum Gasteiger partial charge on any atom is 0.412 e. The van der Waals surface area contributed by atoms with E-state index in [-0.39, 0.29) is 22.7 Å². The molecule has 2 aromatic carbocycles. The van der Waals surface area contributed by atoms with Gasteiger partial charge in [0, 0.05) is 12.1 Å². The minimum Gasteiger partial charge on any atom is -0.444 e. The maximum atomic E-state index is 12.4. The second kappa shape index (κ2) is 7.86. The molecule has 0 heterocycles. The predicted molar refractivity (Wildman–Crippen MR) is 99.1 cm³/mol. The number of rotatable bonds is 4. The second-order valence-electron chi connectivity index (χ2n) is 6.77. The molecule has 0 fully saturated rings. The minimum absolute atomic E-state index is 0.130. The highest BCUT2D eigenvalue weighted by Crippen LogP contribution is 2.30. The van der Waals surface area contributed by atoms with E-state index in [4.69, 9.17) is 9.47 Å². The lowest BCUT2D eigenvalue weighted by atomic mass is 10.2. The lowest BCUT2D eigenvalue weighted by Gasteiger charge is -2.20. The number of esters is 1. The number of carbonyl (C=O) groups is 2. The molecule has 0 bridgehead atoms. The first-order chi connectivity index (χ1) is 12.6. The van der Waals surface area contributed by atoms with Gasteiger partial charge in [0.25, 0.3) is 5.69 Å². The zero-order valence-corrected chi connectivity index (χ0v) is 15.4. The van der Waals surface area contributed by atoms with Gasteiger partial charge in [-0.1, -0.05) is 12.1 Å². The maximum absolute atomic E-state index is 12.4. The van der Waals surface area contributed by atoms with Gasteiger partial charge in [-0.3, -0.25) is 15.4 Å². The van der Waals surface area contributed by atoms with E-state index in [0.29, 0.717) is 5.56 Å². The fourth-order valence-corrected chi connectivity index (χ4v) is 2.17. The highest BCUT2D eigenvalue weighted by atomic mass is 16.6. The van der Waals surface area contributed by atoms with Gasteiger partial charge in [-0.05, 0) is 51.5 Å². The standard InChI is InChI=1S/C19H20N2O6/c1-12-6-5-7-15(20-18(23)27-19(2,3)4)16(12)26-17(22)13-8-10-14(11-9-13)21(24)25/h5-11H,1-4H3,(H,20,23). The Labute approximate surface area is 156 Å². The van der Waals surface area contributed by atoms with Gasteiger partial charge in [-0.2, -0.15) is 0 Å². The SMILES string of the molecule is Cc1cccc(NC(=O)OC(C)(C)C)c1OC(=O)c1ccc([N+](=O)[O-])cc1. The molecule has 2 aromatic rings. The van der Waals surface area contributed by atoms with Crippen LogP contribution in [0.25, 0.3) is 0 Å². The summed E-state index contributed by atoms with van der Waals surface area (Å²) in [6.45, 7) is 6.92. The van der Waals surface area contributed by atoms with E-state index < -0.39 is 22.6 Å². The van der Waals surface area contributed by atoms with E-state index in [2.05, 4.69) is 5.32 Å². The first kappa shape index (κ1) is 19.9. The van der Waals surface area contributed by atoms with Crippen molar-refractivity contribution in [2.24, 2.45) is 0 Å². The van der Waals surface area contributed by atoms with E-state index >= 15 is 0 Å². The smallest absolute Gasteiger partial charge is 0.412 e. The molecule has 1 N–H and O–H groups in total. The number of benzene rings is 2. The van der Waals surface area contributed by atoms with E-state index in [9.17, 15) is 19.7 Å². The lowest BCUT2D eigenvalue weighted by molar-refractivity contribution is -0.384. The summed E-state index contributed by atoms with van der Waals surface area (Å²) in [6, 6.07) is 10.0. The fraction of sp³-hybridized carbons (Fsp3) is 0.263. The number of non-ortho nitro benzene ring substituents is 1. The van der Waals surface area contributed by atoms with Gasteiger partial charge >= 0.3 is 12.1 Å². The van der Waals surface area contributed by atoms with Gasteiger partial charge in [-0.25, -0.2) is 9.59 Å². The number of hydrogen-bond acceptors (Lipinski definition) is 6. The van der Waals surface area contributed by atoms with Crippen LogP contribution in [0.2, 0.25) is 0 Å². The number of nitrogens with one attached hydrogen (secondary N) is 1. The topological polar surface area (TPSA) is 108 Å². The number of carbonyl (C=O) groups excluding carboxylic acids is 2. The molecule has 2 rings (SSSR count). The molecule has 0 spiro atoms. The van der Waals surface area contributed by atoms with Gasteiger partial charge in [-0.15, -0.1) is 0 Å². The molecule has 0 aromatic heterocycles. The molecule has 1 amide bonds. The van der Waals surface area contributed by atoms with Crippen molar-refractivity contribution in [1.29, 1.82) is 0 Å². The molecule has 0 saturated carbocycles. The summed E-state index contributed by atoms with van der Waals surface area (Å²) >= 11 is 0. The Balaban J connectivity index is 2.21. The second-order valence-corrected chi connectivity index (χ2v) is 6.77. The zero-order valence-electron chi connectivity index (χ0n) is 15.4. The number of ether oxygens (including phenoxy) is 2. The molecule has 0 unspecified atom stereocenters. The van der Waals surface area contributed by atoms with Gasteiger partial charge in [0.05, 0.1) is 16.2 Å². The van der Waals surface area contributed by atoms with Crippen molar-refractivity contribution in [2.75, 3.05) is 5.32 Å². The first-order valence-electron chi connectivity index (χ1n) is 8.13. The molecular weight excluding hydrogens is 352 g/mol. The Morgan fingerprint density at radius 1 is 1.07 bits per heavy atom. The number of anilines is 1. The number of nitro benzene ring substituents is 1. The average Bonchev–Trinajstić information content (AvgIpc) is 2.56. The molecular formula is C19H20N2O6. The molecule has 27 heavy (non-hydrogen) atoms. The highest BCUT2D eigenvalue weighted by Gasteiger charge is 2.20. The third-order valence-electron chi connectivity index (χ3n) is 3.36. The van der Waals surface area contributed by atoms with Crippen LogP contribution in [-0.2, 0) is 4.74 Å². The Morgan fingerprint density at radius 3 is 2.26 bits per heavy atom. The fourth-order valence-electron chi connectivity index (χ4n) is 2.17. The van der Waals surface area contributed by atoms with Crippen LogP contribution in [0.5, 0.6) is 5.75 Å². The summed E-state index contributed by atoms with van der Waals surface area (Å²) in [6.07, 6.45) is -0.680. The molecule has 8 heteroatoms. The Kier molecular flexibility index (Phi) is 5.79. The Bertz CT molecular complexity index is 869. The number of hydrogen-bond donors (Lipinski definition) is 1. The van der Waals surface area contributed by atoms with Gasteiger partial charge in [0.2, 0.25) is 0 Å². The van der Waals surface area contributed by atoms with Crippen LogP contribution in [0.4, 0.5) is 16.2 Å². The monoisotopic (exact) mass is 372 g/mol. The Morgan fingerprint density at radius 2 is 1.70 bits per heavy atom. The summed E-state index contributed by atoms with van der Waals surface area (Å²) in [4.78, 5) is 34.5. The molecule has 0 atom stereocenters. The normalized spacial score (nSPS) is 10.8. The van der Waals surface area contributed by atoms with Gasteiger partial charge in [0.1, 0.15) is 5.60 Å². The van der Waals surface area contributed by atoms with Crippen molar-refractivity contribution >= 4 is 23.4 Å². The molecule has 0 radical (unpaired) electrons. The highest BCUT2D eigenvalue weighted by molar-refractivity contribution is 5.94. The molecule has 0 aliphatic carbocycles. The van der Waals surface area contributed by atoms with Crippen LogP contribution in [0.3, 0.4) is 0 Å². The van der Waals surface area contributed by atoms with Crippen LogP contribution in [-0.4, -0.2) is 22.6 Å². The van der Waals surface area contributed by atoms with Gasteiger partial charge < -0.3 is 9.47 Å². The number of amides is 1. The lowest BCUT2D eigenvalue weighted by Crippen LogP contribution is -2.27. The summed E-state index contributed by atoms with van der Waals surface area (Å²) in [5, 5.41) is 13.3. The van der Waals surface area contributed by atoms with E-state index in [0.717, 1.165) is 0 Å². The summed E-state index contributed by atoms with van der Waals surface area (Å²) in [5.41, 5.74) is 0.240. The molecule has 0 aliphatic rings. The molecule has 0 aliphatic heterocycles. The summed E-state index contributed by atoms with van der Waals surface area (Å²) < 4.78 is 10.6. The van der Waals surface area contributed by atoms with Crippen molar-refractivity contribution in [2.45, 2.75) is 33.3 Å². The number of nitrogens with zero attached hydrogens (tertiary/aromatic N) is 1. The molecule has 8 nitrogen and oxygen atoms in total. The van der Waals surface area contributed by atoms with Crippen molar-refractivity contribution in [3.05, 3.63) is 63.7 Å². The number of aryl methyl sites for hydroxylation is 1. The van der Waals surface area contributed by atoms with E-state index in [1.54, 1.807) is 45.9 Å². The van der Waals surface area contributed by atoms with Crippen LogP contribution in [0.15, 0.2) is 42.5 Å². The molecule has 142 valence electrons. The van der Waals surface area contributed by atoms with Crippen LogP contribution < -0.4 is 10.1 Å². The van der Waals surface area contributed by atoms with Crippen LogP contribution in [0.1, 0.15) is 36.7 Å². The minimum atomic E-state index is -0.702. The zero-order chi connectivity index (χ0) is 20.2. The summed E-state index contributed by atoms with van der Waals surface area (Å²) in [7, 11) is 0. The first-order valence-corrected chi connectivity index (χ1v) is 8.13. The molecule has 0 saturated heterocycles. The quantitative estimate of drug-likeness (QED) is 0.367.